The van der Waals surface area contributed by atoms with Gasteiger partial charge in [0.2, 0.25) is 0 Å². The molecule has 1 aliphatic rings. The highest BCUT2D eigenvalue weighted by Crippen LogP contribution is 2.25. The van der Waals surface area contributed by atoms with E-state index in [2.05, 4.69) is 72.9 Å². The molecule has 2 aromatic carbocycles. The number of aromatic nitrogens is 1. The number of nitrogens with zero attached hydrogens (tertiary/aromatic N) is 1. The van der Waals surface area contributed by atoms with E-state index in [-0.39, 0.29) is 11.4 Å². The summed E-state index contributed by atoms with van der Waals surface area (Å²) >= 11 is 0. The molecule has 2 heterocycles. The van der Waals surface area contributed by atoms with Crippen molar-refractivity contribution in [3.8, 4) is 5.75 Å². The van der Waals surface area contributed by atoms with E-state index in [1.165, 1.54) is 5.56 Å². The van der Waals surface area contributed by atoms with Crippen molar-refractivity contribution in [3.63, 3.8) is 0 Å². The van der Waals surface area contributed by atoms with Gasteiger partial charge in [0, 0.05) is 18.6 Å². The van der Waals surface area contributed by atoms with E-state index in [1.807, 2.05) is 36.4 Å². The third kappa shape index (κ3) is 8.04. The molecule has 1 aliphatic heterocycles. The first-order valence-corrected chi connectivity index (χ1v) is 14.0. The second-order valence-electron chi connectivity index (χ2n) is 11.2. The molecule has 4 N–H and O–H groups in total. The smallest absolute Gasteiger partial charge is 0.270 e. The fourth-order valence-electron chi connectivity index (χ4n) is 4.73. The highest BCUT2D eigenvalue weighted by molar-refractivity contribution is 5.92. The molecule has 208 valence electrons. The van der Waals surface area contributed by atoms with Crippen LogP contribution >= 0.6 is 0 Å². The number of hydrogen-bond donors (Lipinski definition) is 4. The highest BCUT2D eigenvalue weighted by Gasteiger charge is 2.27. The number of amides is 1. The van der Waals surface area contributed by atoms with Gasteiger partial charge in [-0.1, -0.05) is 56.3 Å². The maximum atomic E-state index is 13.3. The third-order valence-corrected chi connectivity index (χ3v) is 7.29. The number of hydrogen-bond acceptors (Lipinski definition) is 6. The van der Waals surface area contributed by atoms with Crippen LogP contribution in [0.25, 0.3) is 0 Å². The zero-order chi connectivity index (χ0) is 27.8. The van der Waals surface area contributed by atoms with Crippen molar-refractivity contribution in [2.24, 2.45) is 0 Å². The number of fused-ring (bicyclic) bond motifs is 4. The molecule has 7 nitrogen and oxygen atoms in total. The van der Waals surface area contributed by atoms with E-state index in [4.69, 9.17) is 4.74 Å². The number of carbonyl (C=O) groups excluding carboxylic acids is 1. The van der Waals surface area contributed by atoms with Crippen LogP contribution in [0.1, 0.15) is 73.6 Å². The minimum Gasteiger partial charge on any atom is -0.494 e. The number of aliphatic hydroxyl groups excluding tert-OH is 1. The minimum absolute atomic E-state index is 0.301. The Morgan fingerprint density at radius 3 is 2.69 bits per heavy atom. The van der Waals surface area contributed by atoms with E-state index < -0.39 is 12.1 Å². The third-order valence-electron chi connectivity index (χ3n) is 7.29. The van der Waals surface area contributed by atoms with E-state index in [9.17, 15) is 9.90 Å². The summed E-state index contributed by atoms with van der Waals surface area (Å²) in [5.41, 5.74) is 3.36. The summed E-state index contributed by atoms with van der Waals surface area (Å²) in [6.45, 7) is 10.3. The second kappa shape index (κ2) is 13.1. The summed E-state index contributed by atoms with van der Waals surface area (Å²) in [6.07, 6.45) is 1.44. The van der Waals surface area contributed by atoms with Crippen LogP contribution in [0.2, 0.25) is 0 Å². The molecule has 1 aromatic heterocycles. The predicted octanol–water partition coefficient (Wildman–Crippen LogP) is 5.02. The molecule has 0 radical (unpaired) electrons. The number of pyridine rings is 1. The lowest BCUT2D eigenvalue weighted by molar-refractivity contribution is 0.0809. The van der Waals surface area contributed by atoms with E-state index in [0.29, 0.717) is 37.0 Å². The summed E-state index contributed by atoms with van der Waals surface area (Å²) in [7, 11) is 0. The van der Waals surface area contributed by atoms with Crippen LogP contribution in [0.15, 0.2) is 66.7 Å². The fraction of sp³-hybridized carbons (Fsp3) is 0.438. The molecule has 0 saturated carbocycles. The summed E-state index contributed by atoms with van der Waals surface area (Å²) in [6, 6.07) is 21.3. The van der Waals surface area contributed by atoms with Crippen LogP contribution in [0.3, 0.4) is 0 Å². The van der Waals surface area contributed by atoms with Crippen molar-refractivity contribution in [1.82, 2.24) is 15.6 Å². The molecular weight excluding hydrogens is 488 g/mol. The van der Waals surface area contributed by atoms with Gasteiger partial charge in [0.05, 0.1) is 18.8 Å². The first-order chi connectivity index (χ1) is 18.7. The monoisotopic (exact) mass is 530 g/mol. The van der Waals surface area contributed by atoms with E-state index in [1.54, 1.807) is 6.07 Å². The van der Waals surface area contributed by atoms with E-state index in [0.717, 1.165) is 36.3 Å². The largest absolute Gasteiger partial charge is 0.494 e. The quantitative estimate of drug-likeness (QED) is 0.358. The van der Waals surface area contributed by atoms with Gasteiger partial charge in [0.15, 0.2) is 0 Å². The number of rotatable bonds is 6. The van der Waals surface area contributed by atoms with E-state index >= 15 is 0 Å². The van der Waals surface area contributed by atoms with Crippen LogP contribution < -0.4 is 20.7 Å². The Balaban J connectivity index is 1.54. The Morgan fingerprint density at radius 2 is 1.87 bits per heavy atom. The topological polar surface area (TPSA) is 95.5 Å². The summed E-state index contributed by atoms with van der Waals surface area (Å²) in [5.74, 6) is 1.57. The lowest BCUT2D eigenvalue weighted by atomic mass is 9.90. The second-order valence-corrected chi connectivity index (χ2v) is 11.2. The maximum Gasteiger partial charge on any atom is 0.270 e. The predicted molar refractivity (Wildman–Crippen MR) is 156 cm³/mol. The summed E-state index contributed by atoms with van der Waals surface area (Å²) < 4.78 is 5.97. The maximum absolute atomic E-state index is 13.3. The Hall–Kier alpha value is -3.42. The molecule has 0 unspecified atom stereocenters. The normalized spacial score (nSPS) is 17.6. The molecule has 3 aromatic rings. The average Bonchev–Trinajstić information content (AvgIpc) is 2.93. The van der Waals surface area contributed by atoms with Gasteiger partial charge in [-0.3, -0.25) is 4.79 Å². The number of nitrogens with one attached hydrogen (secondary N) is 3. The van der Waals surface area contributed by atoms with Crippen LogP contribution in [0, 0.1) is 0 Å². The standard InChI is InChI=1S/C32H42N4O3/c1-22(2)24-11-8-12-25(20-24)32(3,4)34-21-29(37)28-19-23-10-7-13-26(18-23)39-17-6-5-16-33-30-15-9-14-27(35-30)31(38)36-28/h7-15,18,20,22,28-29,34,37H,5-6,16-17,19,21H2,1-4H3,(H,33,35)(H,36,38)/t28-,29+/m0/s1. The number of ether oxygens (including phenoxy) is 1. The molecule has 4 bridgehead atoms. The van der Waals surface area contributed by atoms with Crippen molar-refractivity contribution >= 4 is 11.7 Å². The number of carbonyl (C=O) groups is 1. The first-order valence-electron chi connectivity index (χ1n) is 14.0. The molecule has 0 fully saturated rings. The summed E-state index contributed by atoms with van der Waals surface area (Å²) in [4.78, 5) is 17.8. The minimum atomic E-state index is -0.841. The molecule has 7 heteroatoms. The number of benzene rings is 2. The summed E-state index contributed by atoms with van der Waals surface area (Å²) in [5, 5.41) is 21.3. The van der Waals surface area contributed by atoms with Crippen molar-refractivity contribution in [3.05, 3.63) is 89.1 Å². The highest BCUT2D eigenvalue weighted by atomic mass is 16.5. The molecule has 0 spiro atoms. The molecule has 39 heavy (non-hydrogen) atoms. The number of aliphatic hydroxyl groups is 1. The van der Waals surface area contributed by atoms with Gasteiger partial charge in [-0.25, -0.2) is 4.98 Å². The fourth-order valence-corrected chi connectivity index (χ4v) is 4.73. The van der Waals surface area contributed by atoms with Crippen LogP contribution in [-0.2, 0) is 12.0 Å². The van der Waals surface area contributed by atoms with Crippen LogP contribution in [-0.4, -0.2) is 47.8 Å². The van der Waals surface area contributed by atoms with Gasteiger partial charge in [-0.15, -0.1) is 0 Å². The molecule has 0 saturated heterocycles. The molecule has 4 rings (SSSR count). The molecule has 2 atom stereocenters. The Bertz CT molecular complexity index is 1240. The SMILES string of the molecule is CC(C)c1cccc(C(C)(C)NC[C@@H](O)[C@@H]2Cc3cccc(c3)OCCCCNc3cccc(n3)C(=O)N2)c1. The lowest BCUT2D eigenvalue weighted by Gasteiger charge is -2.32. The lowest BCUT2D eigenvalue weighted by Crippen LogP contribution is -2.51. The first kappa shape index (κ1) is 28.6. The van der Waals surface area contributed by atoms with Crippen LogP contribution in [0.5, 0.6) is 5.75 Å². The average molecular weight is 531 g/mol. The van der Waals surface area contributed by atoms with Crippen molar-refractivity contribution in [2.45, 2.75) is 70.6 Å². The van der Waals surface area contributed by atoms with Crippen molar-refractivity contribution in [2.75, 3.05) is 25.0 Å². The Kier molecular flexibility index (Phi) is 9.59. The molecular formula is C32H42N4O3. The van der Waals surface area contributed by atoms with Crippen molar-refractivity contribution < 1.29 is 14.6 Å². The Morgan fingerprint density at radius 1 is 1.08 bits per heavy atom. The van der Waals surface area contributed by atoms with Crippen molar-refractivity contribution in [1.29, 1.82) is 0 Å². The van der Waals surface area contributed by atoms with Gasteiger partial charge in [0.1, 0.15) is 17.3 Å². The molecule has 1 amide bonds. The van der Waals surface area contributed by atoms with Gasteiger partial charge in [-0.05, 0) is 80.0 Å². The van der Waals surface area contributed by atoms with Gasteiger partial charge < -0.3 is 25.8 Å². The zero-order valence-electron chi connectivity index (χ0n) is 23.5. The van der Waals surface area contributed by atoms with Gasteiger partial charge in [0.25, 0.3) is 5.91 Å². The Labute approximate surface area is 232 Å². The number of anilines is 1. The van der Waals surface area contributed by atoms with Crippen LogP contribution in [0.4, 0.5) is 5.82 Å². The van der Waals surface area contributed by atoms with Gasteiger partial charge >= 0.3 is 0 Å². The molecule has 0 aliphatic carbocycles. The zero-order valence-corrected chi connectivity index (χ0v) is 23.5. The van der Waals surface area contributed by atoms with Gasteiger partial charge in [-0.2, -0.15) is 0 Å².